The van der Waals surface area contributed by atoms with Gasteiger partial charge in [-0.2, -0.15) is 0 Å². The van der Waals surface area contributed by atoms with E-state index < -0.39 is 6.36 Å². The van der Waals surface area contributed by atoms with Gasteiger partial charge in [-0.25, -0.2) is 0 Å². The molecule has 0 saturated carbocycles. The van der Waals surface area contributed by atoms with Crippen molar-refractivity contribution in [2.75, 3.05) is 0 Å². The second kappa shape index (κ2) is 5.52. The highest BCUT2D eigenvalue weighted by Gasteiger charge is 2.31. The Labute approximate surface area is 81.6 Å². The van der Waals surface area contributed by atoms with Crippen LogP contribution in [0.4, 0.5) is 13.2 Å². The van der Waals surface area contributed by atoms with E-state index in [4.69, 9.17) is 0 Å². The summed E-state index contributed by atoms with van der Waals surface area (Å²) in [6, 6.07) is 0. The number of rotatable bonds is 4. The number of hydrogen-bond donors (Lipinski definition) is 0. The van der Waals surface area contributed by atoms with Gasteiger partial charge in [-0.05, 0) is 25.5 Å². The average Bonchev–Trinajstić information content (AvgIpc) is 2.01. The van der Waals surface area contributed by atoms with E-state index in [-0.39, 0.29) is 5.76 Å². The van der Waals surface area contributed by atoms with Crippen LogP contribution in [0.1, 0.15) is 20.3 Å². The summed E-state index contributed by atoms with van der Waals surface area (Å²) in [5.41, 5.74) is 0.586. The van der Waals surface area contributed by atoms with Crippen LogP contribution in [0.3, 0.4) is 0 Å². The fraction of sp³-hybridized carbons (Fsp3) is 0.400. The van der Waals surface area contributed by atoms with Gasteiger partial charge in [-0.15, -0.1) is 13.2 Å². The highest BCUT2D eigenvalue weighted by atomic mass is 19.4. The Bertz CT molecular complexity index is 249. The Morgan fingerprint density at radius 2 is 2.00 bits per heavy atom. The molecule has 0 bridgehead atoms. The van der Waals surface area contributed by atoms with Gasteiger partial charge in [0.1, 0.15) is 5.76 Å². The minimum Gasteiger partial charge on any atom is -0.406 e. The molecule has 0 N–H and O–H groups in total. The average molecular weight is 206 g/mol. The van der Waals surface area contributed by atoms with Crippen LogP contribution < -0.4 is 0 Å². The molecular weight excluding hydrogens is 193 g/mol. The molecule has 4 heteroatoms. The molecule has 0 unspecified atom stereocenters. The van der Waals surface area contributed by atoms with Gasteiger partial charge in [0.05, 0.1) is 0 Å². The number of alkyl halides is 3. The van der Waals surface area contributed by atoms with Crippen LogP contribution in [0.25, 0.3) is 0 Å². The molecule has 0 saturated heterocycles. The molecule has 0 aromatic heterocycles. The first-order valence-electron chi connectivity index (χ1n) is 4.17. The molecule has 0 fully saturated rings. The van der Waals surface area contributed by atoms with E-state index in [1.54, 1.807) is 13.8 Å². The summed E-state index contributed by atoms with van der Waals surface area (Å²) in [6.07, 6.45) is -0.0794. The number of ether oxygens (including phenoxy) is 1. The van der Waals surface area contributed by atoms with Crippen molar-refractivity contribution in [2.45, 2.75) is 26.6 Å². The second-order valence-corrected chi connectivity index (χ2v) is 2.61. The second-order valence-electron chi connectivity index (χ2n) is 2.61. The summed E-state index contributed by atoms with van der Waals surface area (Å²) in [6.45, 7) is 6.99. The lowest BCUT2D eigenvalue weighted by atomic mass is 10.2. The van der Waals surface area contributed by atoms with Crippen molar-refractivity contribution in [1.29, 1.82) is 0 Å². The number of hydrogen-bond acceptors (Lipinski definition) is 1. The smallest absolute Gasteiger partial charge is 0.406 e. The normalized spacial score (nSPS) is 13.4. The lowest BCUT2D eigenvalue weighted by Gasteiger charge is -2.09. The molecule has 0 spiro atoms. The molecule has 0 rings (SSSR count). The molecule has 14 heavy (non-hydrogen) atoms. The minimum absolute atomic E-state index is 0.244. The molecule has 0 radical (unpaired) electrons. The molecule has 0 aromatic rings. The van der Waals surface area contributed by atoms with E-state index in [1.807, 2.05) is 0 Å². The molecule has 0 aliphatic carbocycles. The first-order chi connectivity index (χ1) is 6.39. The molecule has 1 nitrogen and oxygen atoms in total. The third-order valence-corrected chi connectivity index (χ3v) is 1.37. The molecular formula is C10H13F3O. The summed E-state index contributed by atoms with van der Waals surface area (Å²) in [7, 11) is 0. The first-order valence-corrected chi connectivity index (χ1v) is 4.17. The predicted molar refractivity (Wildman–Crippen MR) is 49.5 cm³/mol. The van der Waals surface area contributed by atoms with Crippen LogP contribution >= 0.6 is 0 Å². The molecule has 0 aliphatic rings. The van der Waals surface area contributed by atoms with Gasteiger partial charge in [0.25, 0.3) is 0 Å². The lowest BCUT2D eigenvalue weighted by Crippen LogP contribution is -2.12. The Hall–Kier alpha value is -1.19. The third kappa shape index (κ3) is 6.34. The van der Waals surface area contributed by atoms with E-state index in [0.717, 1.165) is 0 Å². The topological polar surface area (TPSA) is 9.23 Å². The fourth-order valence-electron chi connectivity index (χ4n) is 0.713. The largest absolute Gasteiger partial charge is 0.573 e. The summed E-state index contributed by atoms with van der Waals surface area (Å²) >= 11 is 0. The van der Waals surface area contributed by atoms with Crippen molar-refractivity contribution >= 4 is 0 Å². The van der Waals surface area contributed by atoms with Crippen molar-refractivity contribution in [3.8, 4) is 0 Å². The molecule has 0 amide bonds. The summed E-state index contributed by atoms with van der Waals surface area (Å²) in [5, 5.41) is 0. The Kier molecular flexibility index (Phi) is 5.05. The van der Waals surface area contributed by atoms with Crippen LogP contribution in [-0.4, -0.2) is 6.36 Å². The Morgan fingerprint density at radius 3 is 2.36 bits per heavy atom. The summed E-state index contributed by atoms with van der Waals surface area (Å²) in [4.78, 5) is 0. The van der Waals surface area contributed by atoms with Gasteiger partial charge < -0.3 is 4.74 Å². The van der Waals surface area contributed by atoms with Crippen LogP contribution in [0.15, 0.2) is 36.1 Å². The van der Waals surface area contributed by atoms with Gasteiger partial charge in [-0.3, -0.25) is 0 Å². The van der Waals surface area contributed by atoms with Gasteiger partial charge in [0.15, 0.2) is 0 Å². The maximum absolute atomic E-state index is 11.9. The Balaban J connectivity index is 4.60. The highest BCUT2D eigenvalue weighted by Crippen LogP contribution is 2.22. The zero-order chi connectivity index (χ0) is 11.2. The van der Waals surface area contributed by atoms with Gasteiger partial charge in [-0.1, -0.05) is 25.2 Å². The van der Waals surface area contributed by atoms with Crippen molar-refractivity contribution in [1.82, 2.24) is 0 Å². The quantitative estimate of drug-likeness (QED) is 0.500. The van der Waals surface area contributed by atoms with Gasteiger partial charge >= 0.3 is 6.36 Å². The highest BCUT2D eigenvalue weighted by molar-refractivity contribution is 5.24. The minimum atomic E-state index is -4.65. The van der Waals surface area contributed by atoms with Crippen LogP contribution in [0.5, 0.6) is 0 Å². The van der Waals surface area contributed by atoms with Gasteiger partial charge in [0.2, 0.25) is 0 Å². The zero-order valence-corrected chi connectivity index (χ0v) is 8.19. The van der Waals surface area contributed by atoms with E-state index in [1.165, 1.54) is 18.2 Å². The van der Waals surface area contributed by atoms with Crippen LogP contribution in [0.2, 0.25) is 0 Å². The van der Waals surface area contributed by atoms with E-state index in [9.17, 15) is 13.2 Å². The predicted octanol–water partition coefficient (Wildman–Crippen LogP) is 3.95. The maximum atomic E-state index is 11.9. The first kappa shape index (κ1) is 12.8. The molecule has 0 aliphatic heterocycles. The molecule has 0 atom stereocenters. The van der Waals surface area contributed by atoms with E-state index in [0.29, 0.717) is 12.0 Å². The van der Waals surface area contributed by atoms with Crippen LogP contribution in [-0.2, 0) is 4.74 Å². The van der Waals surface area contributed by atoms with E-state index >= 15 is 0 Å². The van der Waals surface area contributed by atoms with Crippen molar-refractivity contribution < 1.29 is 17.9 Å². The van der Waals surface area contributed by atoms with E-state index in [2.05, 4.69) is 11.3 Å². The number of allylic oxidation sites excluding steroid dienone is 4. The number of halogens is 3. The molecule has 0 heterocycles. The Morgan fingerprint density at radius 1 is 1.43 bits per heavy atom. The van der Waals surface area contributed by atoms with Crippen molar-refractivity contribution in [3.63, 3.8) is 0 Å². The van der Waals surface area contributed by atoms with Crippen molar-refractivity contribution in [2.24, 2.45) is 0 Å². The van der Waals surface area contributed by atoms with Gasteiger partial charge in [0, 0.05) is 0 Å². The SMILES string of the molecule is C=C(/C=C(\C=C/C)OC(F)(F)F)CC. The van der Waals surface area contributed by atoms with Crippen LogP contribution in [0, 0.1) is 0 Å². The third-order valence-electron chi connectivity index (χ3n) is 1.37. The zero-order valence-electron chi connectivity index (χ0n) is 8.19. The summed E-state index contributed by atoms with van der Waals surface area (Å²) in [5.74, 6) is -0.244. The standard InChI is InChI=1S/C10H13F3O/c1-4-6-9(7-8(3)5-2)14-10(11,12)13/h4,6-7H,3,5H2,1-2H3/b6-4-,9-7+. The fourth-order valence-corrected chi connectivity index (χ4v) is 0.713. The molecule has 0 aromatic carbocycles. The van der Waals surface area contributed by atoms with Crippen molar-refractivity contribution in [3.05, 3.63) is 36.1 Å². The summed E-state index contributed by atoms with van der Waals surface area (Å²) < 4.78 is 39.3. The monoisotopic (exact) mass is 206 g/mol. The lowest BCUT2D eigenvalue weighted by molar-refractivity contribution is -0.303. The molecule has 80 valence electrons. The maximum Gasteiger partial charge on any atom is 0.573 e.